The standard InChI is InChI=1S/C20H19NO2/c1-2-16(13-14-9-5-3-6-10-14)21-18-17(19(22)20(18)23)15-11-7-4-8-12-15/h3-12,16,21H,2,13H2,1H3. The molecule has 3 aromatic rings. The lowest BCUT2D eigenvalue weighted by Crippen LogP contribution is -2.39. The summed E-state index contributed by atoms with van der Waals surface area (Å²) in [6.07, 6.45) is 1.70. The molecule has 3 aromatic carbocycles. The van der Waals surface area contributed by atoms with E-state index in [1.165, 1.54) is 5.56 Å². The Balaban J connectivity index is 1.84. The predicted octanol–water partition coefficient (Wildman–Crippen LogP) is 3.38. The van der Waals surface area contributed by atoms with Crippen LogP contribution in [0.2, 0.25) is 0 Å². The molecule has 0 bridgehead atoms. The Morgan fingerprint density at radius 1 is 0.870 bits per heavy atom. The van der Waals surface area contributed by atoms with Crippen molar-refractivity contribution in [3.05, 3.63) is 86.7 Å². The van der Waals surface area contributed by atoms with E-state index in [0.29, 0.717) is 11.3 Å². The van der Waals surface area contributed by atoms with Crippen LogP contribution in [-0.4, -0.2) is 6.04 Å². The molecule has 116 valence electrons. The van der Waals surface area contributed by atoms with E-state index in [9.17, 15) is 9.59 Å². The van der Waals surface area contributed by atoms with E-state index in [0.717, 1.165) is 18.4 Å². The minimum Gasteiger partial charge on any atom is -0.378 e. The van der Waals surface area contributed by atoms with Gasteiger partial charge in [0.2, 0.25) is 10.9 Å². The first-order valence-electron chi connectivity index (χ1n) is 7.90. The van der Waals surface area contributed by atoms with E-state index in [4.69, 9.17) is 0 Å². The van der Waals surface area contributed by atoms with Crippen molar-refractivity contribution < 1.29 is 0 Å². The van der Waals surface area contributed by atoms with E-state index in [1.54, 1.807) is 0 Å². The fourth-order valence-corrected chi connectivity index (χ4v) is 2.81. The molecular formula is C20H19NO2. The average molecular weight is 305 g/mol. The summed E-state index contributed by atoms with van der Waals surface area (Å²) < 4.78 is 0. The van der Waals surface area contributed by atoms with Crippen LogP contribution in [-0.2, 0) is 6.42 Å². The van der Waals surface area contributed by atoms with Crippen molar-refractivity contribution in [2.24, 2.45) is 0 Å². The van der Waals surface area contributed by atoms with Crippen molar-refractivity contribution in [1.29, 1.82) is 0 Å². The molecule has 1 atom stereocenters. The Morgan fingerprint density at radius 2 is 1.48 bits per heavy atom. The minimum absolute atomic E-state index is 0.128. The zero-order valence-corrected chi connectivity index (χ0v) is 13.1. The fraction of sp³-hybridized carbons (Fsp3) is 0.200. The fourth-order valence-electron chi connectivity index (χ4n) is 2.81. The molecule has 0 spiro atoms. The zero-order chi connectivity index (χ0) is 16.2. The van der Waals surface area contributed by atoms with Crippen molar-refractivity contribution in [3.8, 4) is 11.1 Å². The van der Waals surface area contributed by atoms with Gasteiger partial charge in [-0.15, -0.1) is 0 Å². The summed E-state index contributed by atoms with van der Waals surface area (Å²) in [5, 5.41) is 3.29. The second-order valence-corrected chi connectivity index (χ2v) is 5.71. The topological polar surface area (TPSA) is 46.2 Å². The summed E-state index contributed by atoms with van der Waals surface area (Å²) >= 11 is 0. The highest BCUT2D eigenvalue weighted by Gasteiger charge is 2.23. The van der Waals surface area contributed by atoms with Gasteiger partial charge < -0.3 is 5.32 Å². The summed E-state index contributed by atoms with van der Waals surface area (Å²) in [4.78, 5) is 23.9. The van der Waals surface area contributed by atoms with Crippen molar-refractivity contribution in [2.45, 2.75) is 25.8 Å². The predicted molar refractivity (Wildman–Crippen MR) is 94.6 cm³/mol. The average Bonchev–Trinajstić information content (AvgIpc) is 2.61. The van der Waals surface area contributed by atoms with E-state index in [2.05, 4.69) is 24.4 Å². The largest absolute Gasteiger partial charge is 0.378 e. The molecule has 0 fully saturated rings. The molecule has 0 aliphatic carbocycles. The van der Waals surface area contributed by atoms with Gasteiger partial charge in [-0.1, -0.05) is 67.6 Å². The quantitative estimate of drug-likeness (QED) is 0.710. The van der Waals surface area contributed by atoms with Gasteiger partial charge in [-0.3, -0.25) is 9.59 Å². The molecule has 0 aliphatic heterocycles. The third kappa shape index (κ3) is 3.09. The van der Waals surface area contributed by atoms with Gasteiger partial charge in [-0.2, -0.15) is 0 Å². The molecule has 23 heavy (non-hydrogen) atoms. The van der Waals surface area contributed by atoms with Gasteiger partial charge >= 0.3 is 0 Å². The van der Waals surface area contributed by atoms with Gasteiger partial charge in [0, 0.05) is 6.04 Å². The number of benzene rings is 2. The third-order valence-electron chi connectivity index (χ3n) is 4.14. The lowest BCUT2D eigenvalue weighted by molar-refractivity contribution is 0.689. The Bertz CT molecular complexity index is 846. The summed E-state index contributed by atoms with van der Waals surface area (Å²) in [5.41, 5.74) is 2.19. The van der Waals surface area contributed by atoms with Crippen LogP contribution in [0.15, 0.2) is 70.3 Å². The van der Waals surface area contributed by atoms with Gasteiger partial charge in [0.15, 0.2) is 0 Å². The second-order valence-electron chi connectivity index (χ2n) is 5.71. The van der Waals surface area contributed by atoms with E-state index in [-0.39, 0.29) is 6.04 Å². The summed E-state index contributed by atoms with van der Waals surface area (Å²) in [7, 11) is 0. The van der Waals surface area contributed by atoms with Gasteiger partial charge in [-0.05, 0) is 24.0 Å². The molecule has 0 saturated carbocycles. The van der Waals surface area contributed by atoms with Crippen LogP contribution in [0.25, 0.3) is 11.1 Å². The number of rotatable bonds is 6. The third-order valence-corrected chi connectivity index (χ3v) is 4.14. The van der Waals surface area contributed by atoms with Crippen LogP contribution in [0.4, 0.5) is 5.69 Å². The second kappa shape index (κ2) is 6.61. The Kier molecular flexibility index (Phi) is 4.38. The molecule has 1 unspecified atom stereocenters. The molecule has 0 saturated heterocycles. The maximum Gasteiger partial charge on any atom is 0.250 e. The van der Waals surface area contributed by atoms with E-state index >= 15 is 0 Å². The summed E-state index contributed by atoms with van der Waals surface area (Å²) in [6, 6.07) is 19.6. The monoisotopic (exact) mass is 305 g/mol. The molecule has 3 heteroatoms. The number of anilines is 1. The minimum atomic E-state index is -0.407. The van der Waals surface area contributed by atoms with Crippen LogP contribution in [0, 0.1) is 0 Å². The lowest BCUT2D eigenvalue weighted by Gasteiger charge is -2.21. The van der Waals surface area contributed by atoms with Crippen molar-refractivity contribution in [2.75, 3.05) is 5.32 Å². The molecule has 1 N–H and O–H groups in total. The van der Waals surface area contributed by atoms with E-state index in [1.807, 2.05) is 48.5 Å². The highest BCUT2D eigenvalue weighted by Crippen LogP contribution is 2.24. The molecule has 3 nitrogen and oxygen atoms in total. The van der Waals surface area contributed by atoms with Crippen LogP contribution in [0.1, 0.15) is 18.9 Å². The van der Waals surface area contributed by atoms with Crippen molar-refractivity contribution in [1.82, 2.24) is 0 Å². The van der Waals surface area contributed by atoms with Crippen molar-refractivity contribution >= 4 is 5.69 Å². The molecule has 3 rings (SSSR count). The van der Waals surface area contributed by atoms with Gasteiger partial charge in [0.1, 0.15) is 0 Å². The number of hydrogen-bond donors (Lipinski definition) is 1. The smallest absolute Gasteiger partial charge is 0.250 e. The highest BCUT2D eigenvalue weighted by molar-refractivity contribution is 5.81. The Morgan fingerprint density at radius 3 is 2.09 bits per heavy atom. The number of nitrogens with one attached hydrogen (secondary N) is 1. The molecular weight excluding hydrogens is 286 g/mol. The van der Waals surface area contributed by atoms with Crippen LogP contribution in [0.3, 0.4) is 0 Å². The molecule has 0 radical (unpaired) electrons. The Labute approximate surface area is 135 Å². The van der Waals surface area contributed by atoms with E-state index < -0.39 is 10.9 Å². The van der Waals surface area contributed by atoms with Crippen LogP contribution in [0.5, 0.6) is 0 Å². The summed E-state index contributed by atoms with van der Waals surface area (Å²) in [6.45, 7) is 2.08. The van der Waals surface area contributed by atoms with Crippen molar-refractivity contribution in [3.63, 3.8) is 0 Å². The Hall–Kier alpha value is -2.68. The first-order valence-corrected chi connectivity index (χ1v) is 7.90. The van der Waals surface area contributed by atoms with Crippen LogP contribution < -0.4 is 16.2 Å². The van der Waals surface area contributed by atoms with Gasteiger partial charge in [0.05, 0.1) is 11.3 Å². The van der Waals surface area contributed by atoms with Gasteiger partial charge in [0.25, 0.3) is 0 Å². The van der Waals surface area contributed by atoms with Gasteiger partial charge in [-0.25, -0.2) is 0 Å². The summed E-state index contributed by atoms with van der Waals surface area (Å²) in [5.74, 6) is 0. The first-order chi connectivity index (χ1) is 11.2. The first kappa shape index (κ1) is 15.2. The normalized spacial score (nSPS) is 12.2. The van der Waals surface area contributed by atoms with Crippen LogP contribution >= 0.6 is 0 Å². The maximum atomic E-state index is 12.0. The maximum absolute atomic E-state index is 12.0. The SMILES string of the molecule is CCC(Cc1ccccc1)Nc1c(-c2ccccc2)c(=O)c1=O. The zero-order valence-electron chi connectivity index (χ0n) is 13.1. The highest BCUT2D eigenvalue weighted by atomic mass is 16.2. The molecule has 0 heterocycles. The molecule has 0 amide bonds. The number of hydrogen-bond acceptors (Lipinski definition) is 3. The lowest BCUT2D eigenvalue weighted by atomic mass is 9.96. The molecule has 0 aromatic heterocycles. The molecule has 0 aliphatic rings.